The van der Waals surface area contributed by atoms with Gasteiger partial charge in [0, 0.05) is 36.4 Å². The van der Waals surface area contributed by atoms with Crippen molar-refractivity contribution in [2.45, 2.75) is 19.9 Å². The molecule has 2 aromatic heterocycles. The highest BCUT2D eigenvalue weighted by Gasteiger charge is 2.31. The van der Waals surface area contributed by atoms with Gasteiger partial charge in [0.1, 0.15) is 0 Å². The summed E-state index contributed by atoms with van der Waals surface area (Å²) in [6, 6.07) is 2.23. The Kier molecular flexibility index (Phi) is 3.32. The Morgan fingerprint density at radius 1 is 1.48 bits per heavy atom. The average molecular weight is 319 g/mol. The summed E-state index contributed by atoms with van der Waals surface area (Å²) in [5.74, 6) is 0.516. The number of thiophene rings is 1. The molecule has 6 heteroatoms. The van der Waals surface area contributed by atoms with Crippen LogP contribution in [0.5, 0.6) is 0 Å². The first kappa shape index (κ1) is 13.4. The van der Waals surface area contributed by atoms with Crippen LogP contribution in [0.25, 0.3) is 10.6 Å². The molecule has 2 aromatic rings. The van der Waals surface area contributed by atoms with E-state index in [-0.39, 0.29) is 5.92 Å². The molecule has 1 N–H and O–H groups in total. The van der Waals surface area contributed by atoms with Gasteiger partial charge in [0.25, 0.3) is 0 Å². The van der Waals surface area contributed by atoms with Gasteiger partial charge in [-0.2, -0.15) is 0 Å². The number of rotatable bonds is 2. The number of aromatic nitrogens is 1. The van der Waals surface area contributed by atoms with Crippen LogP contribution in [0.15, 0.2) is 11.4 Å². The van der Waals surface area contributed by atoms with Crippen LogP contribution < -0.4 is 5.32 Å². The molecule has 1 fully saturated rings. The number of fused-ring (bicyclic) bond motifs is 1. The van der Waals surface area contributed by atoms with Crippen molar-refractivity contribution in [1.82, 2.24) is 15.2 Å². The van der Waals surface area contributed by atoms with E-state index in [0.717, 1.165) is 43.3 Å². The first-order valence-corrected chi connectivity index (χ1v) is 8.94. The van der Waals surface area contributed by atoms with Gasteiger partial charge in [0.15, 0.2) is 0 Å². The number of thiazole rings is 1. The van der Waals surface area contributed by atoms with E-state index < -0.39 is 0 Å². The molecule has 4 heterocycles. The third-order valence-electron chi connectivity index (χ3n) is 4.18. The fraction of sp³-hybridized carbons (Fsp3) is 0.467. The Morgan fingerprint density at radius 3 is 3.00 bits per heavy atom. The molecule has 2 aliphatic rings. The predicted molar refractivity (Wildman–Crippen MR) is 85.6 cm³/mol. The molecule has 4 nitrogen and oxygen atoms in total. The van der Waals surface area contributed by atoms with Gasteiger partial charge in [-0.3, -0.25) is 4.79 Å². The molecule has 0 radical (unpaired) electrons. The maximum atomic E-state index is 12.3. The van der Waals surface area contributed by atoms with Crippen molar-refractivity contribution in [1.29, 1.82) is 0 Å². The number of carbonyl (C=O) groups is 1. The molecule has 0 aromatic carbocycles. The zero-order valence-corrected chi connectivity index (χ0v) is 13.5. The van der Waals surface area contributed by atoms with Crippen LogP contribution in [-0.2, 0) is 17.8 Å². The summed E-state index contributed by atoms with van der Waals surface area (Å²) in [5.41, 5.74) is 2.39. The molecule has 1 saturated heterocycles. The molecule has 0 spiro atoms. The van der Waals surface area contributed by atoms with E-state index in [2.05, 4.69) is 21.7 Å². The minimum absolute atomic E-state index is 0.200. The van der Waals surface area contributed by atoms with Crippen molar-refractivity contribution < 1.29 is 4.79 Å². The summed E-state index contributed by atoms with van der Waals surface area (Å²) in [6.45, 7) is 5.35. The average Bonchev–Trinajstić information content (AvgIpc) is 3.01. The van der Waals surface area contributed by atoms with Crippen LogP contribution in [0, 0.1) is 12.8 Å². The Hall–Kier alpha value is -1.24. The van der Waals surface area contributed by atoms with Crippen LogP contribution in [0.1, 0.15) is 15.4 Å². The smallest absolute Gasteiger partial charge is 0.228 e. The van der Waals surface area contributed by atoms with Gasteiger partial charge in [-0.1, -0.05) is 0 Å². The summed E-state index contributed by atoms with van der Waals surface area (Å²) >= 11 is 3.53. The van der Waals surface area contributed by atoms with Gasteiger partial charge in [0.05, 0.1) is 21.5 Å². The molecule has 1 amide bonds. The van der Waals surface area contributed by atoms with Crippen molar-refractivity contribution in [2.24, 2.45) is 5.92 Å². The highest BCUT2D eigenvalue weighted by Crippen LogP contribution is 2.35. The molecular formula is C15H17N3OS2. The topological polar surface area (TPSA) is 45.2 Å². The summed E-state index contributed by atoms with van der Waals surface area (Å²) in [7, 11) is 0. The van der Waals surface area contributed by atoms with E-state index in [9.17, 15) is 4.79 Å². The van der Waals surface area contributed by atoms with Crippen molar-refractivity contribution in [2.75, 3.05) is 19.6 Å². The van der Waals surface area contributed by atoms with E-state index in [0.29, 0.717) is 5.91 Å². The van der Waals surface area contributed by atoms with Crippen LogP contribution in [0.2, 0.25) is 0 Å². The lowest BCUT2D eigenvalue weighted by atomic mass is 9.99. The third-order valence-corrected chi connectivity index (χ3v) is 6.21. The third kappa shape index (κ3) is 2.41. The number of hydrogen-bond donors (Lipinski definition) is 1. The first-order chi connectivity index (χ1) is 10.2. The predicted octanol–water partition coefficient (Wildman–Crippen LogP) is 2.28. The second-order valence-corrected chi connectivity index (χ2v) is 7.87. The zero-order chi connectivity index (χ0) is 14.4. The lowest BCUT2D eigenvalue weighted by molar-refractivity contribution is -0.138. The maximum absolute atomic E-state index is 12.3. The van der Waals surface area contributed by atoms with E-state index in [4.69, 9.17) is 0 Å². The number of amides is 1. The Morgan fingerprint density at radius 2 is 2.33 bits per heavy atom. The molecule has 2 aliphatic heterocycles. The van der Waals surface area contributed by atoms with Crippen molar-refractivity contribution in [3.05, 3.63) is 26.9 Å². The van der Waals surface area contributed by atoms with Crippen molar-refractivity contribution >= 4 is 28.6 Å². The van der Waals surface area contributed by atoms with E-state index in [1.807, 2.05) is 23.2 Å². The molecule has 0 unspecified atom stereocenters. The largest absolute Gasteiger partial charge is 0.338 e. The van der Waals surface area contributed by atoms with Gasteiger partial charge >= 0.3 is 0 Å². The summed E-state index contributed by atoms with van der Waals surface area (Å²) in [5, 5.41) is 6.40. The van der Waals surface area contributed by atoms with E-state index in [1.54, 1.807) is 11.3 Å². The molecule has 4 rings (SSSR count). The van der Waals surface area contributed by atoms with Gasteiger partial charge in [-0.15, -0.1) is 22.7 Å². The number of hydrogen-bond acceptors (Lipinski definition) is 5. The minimum Gasteiger partial charge on any atom is -0.338 e. The Bertz CT molecular complexity index is 687. The molecule has 0 saturated carbocycles. The number of carbonyl (C=O) groups excluding carboxylic acids is 1. The standard InChI is InChI=1S/C15H17N3OS2/c1-9-17-12(8-20-9)14-4-10-7-18(3-2-13(10)21-14)15(19)11-5-16-6-11/h4,8,11,16H,2-3,5-7H2,1H3. The lowest BCUT2D eigenvalue weighted by Crippen LogP contribution is -2.52. The van der Waals surface area contributed by atoms with Crippen molar-refractivity contribution in [3.8, 4) is 10.6 Å². The molecule has 0 bridgehead atoms. The minimum atomic E-state index is 0.200. The first-order valence-electron chi connectivity index (χ1n) is 7.24. The second-order valence-electron chi connectivity index (χ2n) is 5.68. The van der Waals surface area contributed by atoms with Crippen LogP contribution in [-0.4, -0.2) is 35.4 Å². The second kappa shape index (κ2) is 5.19. The highest BCUT2D eigenvalue weighted by molar-refractivity contribution is 7.16. The van der Waals surface area contributed by atoms with Gasteiger partial charge < -0.3 is 10.2 Å². The Balaban J connectivity index is 1.55. The maximum Gasteiger partial charge on any atom is 0.228 e. The molecule has 21 heavy (non-hydrogen) atoms. The molecule has 110 valence electrons. The van der Waals surface area contributed by atoms with E-state index in [1.165, 1.54) is 15.3 Å². The SMILES string of the molecule is Cc1nc(-c2cc3c(s2)CCN(C(=O)C2CNC2)C3)cs1. The summed E-state index contributed by atoms with van der Waals surface area (Å²) < 4.78 is 0. The van der Waals surface area contributed by atoms with Gasteiger partial charge in [0.2, 0.25) is 5.91 Å². The van der Waals surface area contributed by atoms with Gasteiger partial charge in [-0.05, 0) is 25.0 Å². The highest BCUT2D eigenvalue weighted by atomic mass is 32.1. The van der Waals surface area contributed by atoms with Crippen LogP contribution in [0.3, 0.4) is 0 Å². The monoisotopic (exact) mass is 319 g/mol. The van der Waals surface area contributed by atoms with Crippen LogP contribution >= 0.6 is 22.7 Å². The van der Waals surface area contributed by atoms with Crippen molar-refractivity contribution in [3.63, 3.8) is 0 Å². The number of nitrogens with one attached hydrogen (secondary N) is 1. The fourth-order valence-corrected chi connectivity index (χ4v) is 4.66. The normalized spacial score (nSPS) is 18.4. The molecule has 0 aliphatic carbocycles. The summed E-state index contributed by atoms with van der Waals surface area (Å²) in [6.07, 6.45) is 0.981. The fourth-order valence-electron chi connectivity index (χ4n) is 2.85. The Labute approximate surface area is 131 Å². The summed E-state index contributed by atoms with van der Waals surface area (Å²) in [4.78, 5) is 21.6. The molecule has 0 atom stereocenters. The van der Waals surface area contributed by atoms with Gasteiger partial charge in [-0.25, -0.2) is 4.98 Å². The lowest BCUT2D eigenvalue weighted by Gasteiger charge is -2.34. The van der Waals surface area contributed by atoms with Crippen LogP contribution in [0.4, 0.5) is 0 Å². The zero-order valence-electron chi connectivity index (χ0n) is 11.9. The number of aryl methyl sites for hydroxylation is 1. The molecular weight excluding hydrogens is 302 g/mol. The quantitative estimate of drug-likeness (QED) is 0.924. The number of nitrogens with zero attached hydrogens (tertiary/aromatic N) is 2. The van der Waals surface area contributed by atoms with E-state index >= 15 is 0 Å².